The number of aliphatic imine (C=N–C) groups is 1. The molecule has 1 atom stereocenters. The van der Waals surface area contributed by atoms with Crippen LogP contribution in [-0.4, -0.2) is 23.9 Å². The van der Waals surface area contributed by atoms with Crippen molar-refractivity contribution in [3.63, 3.8) is 0 Å². The van der Waals surface area contributed by atoms with Crippen LogP contribution in [0.3, 0.4) is 0 Å². The van der Waals surface area contributed by atoms with Gasteiger partial charge in [-0.25, -0.2) is 4.99 Å². The van der Waals surface area contributed by atoms with E-state index < -0.39 is 6.10 Å². The fourth-order valence-electron chi connectivity index (χ4n) is 1.06. The molecular formula is C10H11NO2S. The fraction of sp³-hybridized carbons (Fsp3) is 0.300. The first-order chi connectivity index (χ1) is 6.77. The lowest BCUT2D eigenvalue weighted by Crippen LogP contribution is -2.00. The topological polar surface area (TPSA) is 41.8 Å². The molecule has 0 heterocycles. The van der Waals surface area contributed by atoms with E-state index in [1.807, 2.05) is 0 Å². The van der Waals surface area contributed by atoms with Crippen molar-refractivity contribution in [3.8, 4) is 5.75 Å². The van der Waals surface area contributed by atoms with Gasteiger partial charge in [-0.2, -0.15) is 0 Å². The molecule has 1 aromatic rings. The largest absolute Gasteiger partial charge is 0.497 e. The Morgan fingerprint density at radius 1 is 1.50 bits per heavy atom. The second kappa shape index (κ2) is 5.50. The standard InChI is InChI=1S/C10H11NO2S/c1-13-9-4-2-8(3-5-9)10(12)6-11-7-14/h2-5,10,12H,6H2,1H3. The lowest BCUT2D eigenvalue weighted by molar-refractivity contribution is 0.187. The molecule has 0 fully saturated rings. The van der Waals surface area contributed by atoms with Gasteiger partial charge in [0, 0.05) is 0 Å². The van der Waals surface area contributed by atoms with E-state index in [1.54, 1.807) is 31.4 Å². The molecular weight excluding hydrogens is 198 g/mol. The van der Waals surface area contributed by atoms with E-state index in [4.69, 9.17) is 4.74 Å². The van der Waals surface area contributed by atoms with Gasteiger partial charge in [0.05, 0.1) is 24.9 Å². The second-order valence-electron chi connectivity index (χ2n) is 2.72. The summed E-state index contributed by atoms with van der Waals surface area (Å²) in [5, 5.41) is 11.8. The normalized spacial score (nSPS) is 11.6. The first-order valence-electron chi connectivity index (χ1n) is 4.13. The Morgan fingerprint density at radius 3 is 2.64 bits per heavy atom. The maximum absolute atomic E-state index is 9.59. The molecule has 0 aliphatic carbocycles. The zero-order chi connectivity index (χ0) is 10.4. The van der Waals surface area contributed by atoms with Crippen LogP contribution in [0.4, 0.5) is 0 Å². The summed E-state index contributed by atoms with van der Waals surface area (Å²) in [5.41, 5.74) is 0.791. The lowest BCUT2D eigenvalue weighted by Gasteiger charge is -2.07. The van der Waals surface area contributed by atoms with E-state index in [2.05, 4.69) is 22.4 Å². The molecule has 1 N–H and O–H groups in total. The minimum atomic E-state index is -0.628. The maximum Gasteiger partial charge on any atom is 0.118 e. The number of aliphatic hydroxyl groups is 1. The molecule has 0 spiro atoms. The van der Waals surface area contributed by atoms with Crippen molar-refractivity contribution >= 4 is 17.4 Å². The summed E-state index contributed by atoms with van der Waals surface area (Å²) < 4.78 is 5.00. The SMILES string of the molecule is COc1ccc(C(O)CN=C=S)cc1. The summed E-state index contributed by atoms with van der Waals surface area (Å²) in [6, 6.07) is 7.17. The predicted molar refractivity (Wildman–Crippen MR) is 57.8 cm³/mol. The number of benzene rings is 1. The van der Waals surface area contributed by atoms with Crippen LogP contribution in [0, 0.1) is 0 Å². The summed E-state index contributed by atoms with van der Waals surface area (Å²) >= 11 is 4.41. The van der Waals surface area contributed by atoms with E-state index >= 15 is 0 Å². The van der Waals surface area contributed by atoms with Crippen molar-refractivity contribution in [1.29, 1.82) is 0 Å². The summed E-state index contributed by atoms with van der Waals surface area (Å²) in [7, 11) is 1.60. The van der Waals surface area contributed by atoms with Gasteiger partial charge < -0.3 is 9.84 Å². The quantitative estimate of drug-likeness (QED) is 0.607. The Bertz CT molecular complexity index is 330. The number of rotatable bonds is 4. The summed E-state index contributed by atoms with van der Waals surface area (Å²) in [6.07, 6.45) is -0.628. The third kappa shape index (κ3) is 2.92. The van der Waals surface area contributed by atoms with Crippen molar-refractivity contribution < 1.29 is 9.84 Å². The Labute approximate surface area is 88.1 Å². The molecule has 74 valence electrons. The van der Waals surface area contributed by atoms with Gasteiger partial charge in [-0.1, -0.05) is 12.1 Å². The van der Waals surface area contributed by atoms with Crippen molar-refractivity contribution in [1.82, 2.24) is 0 Å². The molecule has 4 heteroatoms. The zero-order valence-corrected chi connectivity index (χ0v) is 8.62. The molecule has 0 aliphatic heterocycles. The van der Waals surface area contributed by atoms with E-state index in [-0.39, 0.29) is 6.54 Å². The molecule has 0 aromatic heterocycles. The van der Waals surface area contributed by atoms with Gasteiger partial charge in [-0.15, -0.1) is 0 Å². The molecule has 0 aliphatic rings. The summed E-state index contributed by atoms with van der Waals surface area (Å²) in [5.74, 6) is 0.763. The number of nitrogens with zero attached hydrogens (tertiary/aromatic N) is 1. The van der Waals surface area contributed by atoms with E-state index in [0.717, 1.165) is 11.3 Å². The van der Waals surface area contributed by atoms with Crippen LogP contribution in [0.5, 0.6) is 5.75 Å². The number of aliphatic hydroxyl groups excluding tert-OH is 1. The van der Waals surface area contributed by atoms with Crippen LogP contribution in [-0.2, 0) is 0 Å². The van der Waals surface area contributed by atoms with Crippen LogP contribution in [0.2, 0.25) is 0 Å². The Kier molecular flexibility index (Phi) is 4.26. The number of hydrogen-bond acceptors (Lipinski definition) is 4. The maximum atomic E-state index is 9.59. The summed E-state index contributed by atoms with van der Waals surface area (Å²) in [4.78, 5) is 3.67. The highest BCUT2D eigenvalue weighted by Crippen LogP contribution is 2.17. The first kappa shape index (κ1) is 10.9. The minimum absolute atomic E-state index is 0.246. The van der Waals surface area contributed by atoms with Gasteiger partial charge >= 0.3 is 0 Å². The van der Waals surface area contributed by atoms with Gasteiger partial charge in [0.15, 0.2) is 0 Å². The predicted octanol–water partition coefficient (Wildman–Crippen LogP) is 1.83. The summed E-state index contributed by atoms with van der Waals surface area (Å²) in [6.45, 7) is 0.246. The van der Waals surface area contributed by atoms with Crippen LogP contribution in [0.1, 0.15) is 11.7 Å². The molecule has 3 nitrogen and oxygen atoms in total. The van der Waals surface area contributed by atoms with Crippen LogP contribution in [0.25, 0.3) is 0 Å². The molecule has 0 amide bonds. The van der Waals surface area contributed by atoms with Gasteiger partial charge in [0.1, 0.15) is 5.75 Å². The third-order valence-corrected chi connectivity index (χ3v) is 1.96. The van der Waals surface area contributed by atoms with Crippen LogP contribution >= 0.6 is 12.2 Å². The lowest BCUT2D eigenvalue weighted by atomic mass is 10.1. The average molecular weight is 209 g/mol. The molecule has 14 heavy (non-hydrogen) atoms. The Morgan fingerprint density at radius 2 is 2.14 bits per heavy atom. The number of isothiocyanates is 1. The minimum Gasteiger partial charge on any atom is -0.497 e. The third-order valence-electron chi connectivity index (χ3n) is 1.83. The van der Waals surface area contributed by atoms with Gasteiger partial charge in [0.2, 0.25) is 0 Å². The molecule has 1 unspecified atom stereocenters. The Balaban J connectivity index is 2.70. The molecule has 0 bridgehead atoms. The molecule has 1 aromatic carbocycles. The number of methoxy groups -OCH3 is 1. The number of thiocarbonyl (C=S) groups is 1. The highest BCUT2D eigenvalue weighted by molar-refractivity contribution is 7.78. The van der Waals surface area contributed by atoms with Crippen LogP contribution in [0.15, 0.2) is 29.3 Å². The van der Waals surface area contributed by atoms with Gasteiger partial charge in [-0.3, -0.25) is 0 Å². The molecule has 1 rings (SSSR count). The number of hydrogen-bond donors (Lipinski definition) is 1. The monoisotopic (exact) mass is 209 g/mol. The van der Waals surface area contributed by atoms with E-state index in [9.17, 15) is 5.11 Å². The van der Waals surface area contributed by atoms with Gasteiger partial charge in [0.25, 0.3) is 0 Å². The van der Waals surface area contributed by atoms with Crippen molar-refractivity contribution in [2.24, 2.45) is 4.99 Å². The zero-order valence-electron chi connectivity index (χ0n) is 7.80. The van der Waals surface area contributed by atoms with Crippen LogP contribution < -0.4 is 4.74 Å². The molecule has 0 saturated carbocycles. The average Bonchev–Trinajstić information content (AvgIpc) is 2.26. The van der Waals surface area contributed by atoms with E-state index in [1.165, 1.54) is 0 Å². The van der Waals surface area contributed by atoms with Gasteiger partial charge in [-0.05, 0) is 29.9 Å². The Hall–Kier alpha value is -1.22. The first-order valence-corrected chi connectivity index (χ1v) is 4.54. The van der Waals surface area contributed by atoms with Crippen molar-refractivity contribution in [2.45, 2.75) is 6.10 Å². The van der Waals surface area contributed by atoms with Crippen molar-refractivity contribution in [3.05, 3.63) is 29.8 Å². The second-order valence-corrected chi connectivity index (χ2v) is 2.90. The molecule has 0 radical (unpaired) electrons. The number of ether oxygens (including phenoxy) is 1. The smallest absolute Gasteiger partial charge is 0.118 e. The highest BCUT2D eigenvalue weighted by Gasteiger charge is 2.05. The van der Waals surface area contributed by atoms with Crippen molar-refractivity contribution in [2.75, 3.05) is 13.7 Å². The highest BCUT2D eigenvalue weighted by atomic mass is 32.1. The van der Waals surface area contributed by atoms with E-state index in [0.29, 0.717) is 0 Å². The fourth-order valence-corrected chi connectivity index (χ4v) is 1.13. The molecule has 0 saturated heterocycles.